The van der Waals surface area contributed by atoms with Gasteiger partial charge in [-0.25, -0.2) is 0 Å². The SMILES string of the molecule is NC(CC(=O)NC1CC1)C1CC1. The molecule has 2 saturated carbocycles. The van der Waals surface area contributed by atoms with Gasteiger partial charge in [0.25, 0.3) is 0 Å². The number of amides is 1. The summed E-state index contributed by atoms with van der Waals surface area (Å²) >= 11 is 0. The molecule has 1 unspecified atom stereocenters. The molecule has 1 atom stereocenters. The highest BCUT2D eigenvalue weighted by molar-refractivity contribution is 5.77. The maximum absolute atomic E-state index is 11.2. The Morgan fingerprint density at radius 1 is 1.42 bits per heavy atom. The smallest absolute Gasteiger partial charge is 0.221 e. The highest BCUT2D eigenvalue weighted by Gasteiger charge is 2.31. The van der Waals surface area contributed by atoms with Crippen molar-refractivity contribution in [3.05, 3.63) is 0 Å². The van der Waals surface area contributed by atoms with Crippen LogP contribution in [0.5, 0.6) is 0 Å². The number of nitrogens with one attached hydrogen (secondary N) is 1. The molecule has 68 valence electrons. The van der Waals surface area contributed by atoms with E-state index >= 15 is 0 Å². The van der Waals surface area contributed by atoms with Crippen molar-refractivity contribution in [2.75, 3.05) is 0 Å². The molecule has 0 aromatic carbocycles. The largest absolute Gasteiger partial charge is 0.353 e. The van der Waals surface area contributed by atoms with Crippen molar-refractivity contribution in [3.8, 4) is 0 Å². The highest BCUT2D eigenvalue weighted by atomic mass is 16.1. The van der Waals surface area contributed by atoms with Crippen molar-refractivity contribution in [3.63, 3.8) is 0 Å². The summed E-state index contributed by atoms with van der Waals surface area (Å²) in [6, 6.07) is 0.590. The first kappa shape index (κ1) is 8.05. The maximum atomic E-state index is 11.2. The van der Waals surface area contributed by atoms with E-state index in [4.69, 9.17) is 5.73 Å². The molecular weight excluding hydrogens is 152 g/mol. The van der Waals surface area contributed by atoms with E-state index in [1.54, 1.807) is 0 Å². The summed E-state index contributed by atoms with van der Waals surface area (Å²) in [5.74, 6) is 0.784. The van der Waals surface area contributed by atoms with Gasteiger partial charge in [0.05, 0.1) is 0 Å². The van der Waals surface area contributed by atoms with Gasteiger partial charge in [0, 0.05) is 18.5 Å². The fraction of sp³-hybridized carbons (Fsp3) is 0.889. The molecule has 0 saturated heterocycles. The van der Waals surface area contributed by atoms with E-state index in [9.17, 15) is 4.79 Å². The van der Waals surface area contributed by atoms with Crippen LogP contribution in [-0.2, 0) is 4.79 Å². The monoisotopic (exact) mass is 168 g/mol. The molecular formula is C9H16N2O. The van der Waals surface area contributed by atoms with Crippen LogP contribution in [0.25, 0.3) is 0 Å². The number of rotatable bonds is 4. The van der Waals surface area contributed by atoms with E-state index in [0.29, 0.717) is 18.4 Å². The van der Waals surface area contributed by atoms with Gasteiger partial charge in [-0.05, 0) is 31.6 Å². The normalized spacial score (nSPS) is 25.1. The van der Waals surface area contributed by atoms with E-state index in [1.807, 2.05) is 0 Å². The zero-order valence-electron chi connectivity index (χ0n) is 7.25. The lowest BCUT2D eigenvalue weighted by Gasteiger charge is -2.09. The molecule has 2 aliphatic carbocycles. The number of carbonyl (C=O) groups excluding carboxylic acids is 1. The first-order chi connectivity index (χ1) is 5.75. The molecule has 3 nitrogen and oxygen atoms in total. The topological polar surface area (TPSA) is 55.1 Å². The van der Waals surface area contributed by atoms with E-state index in [2.05, 4.69) is 5.32 Å². The van der Waals surface area contributed by atoms with Crippen LogP contribution >= 0.6 is 0 Å². The van der Waals surface area contributed by atoms with Crippen molar-refractivity contribution >= 4 is 5.91 Å². The van der Waals surface area contributed by atoms with Crippen LogP contribution in [0.3, 0.4) is 0 Å². The fourth-order valence-electron chi connectivity index (χ4n) is 1.42. The Morgan fingerprint density at radius 2 is 2.08 bits per heavy atom. The number of hydrogen-bond acceptors (Lipinski definition) is 2. The Morgan fingerprint density at radius 3 is 2.58 bits per heavy atom. The lowest BCUT2D eigenvalue weighted by atomic mass is 10.1. The Labute approximate surface area is 72.7 Å². The summed E-state index contributed by atoms with van der Waals surface area (Å²) in [5, 5.41) is 2.95. The van der Waals surface area contributed by atoms with Crippen LogP contribution in [0.2, 0.25) is 0 Å². The molecule has 2 fully saturated rings. The van der Waals surface area contributed by atoms with Crippen LogP contribution in [-0.4, -0.2) is 18.0 Å². The van der Waals surface area contributed by atoms with E-state index in [1.165, 1.54) is 12.8 Å². The van der Waals surface area contributed by atoms with E-state index in [-0.39, 0.29) is 11.9 Å². The lowest BCUT2D eigenvalue weighted by Crippen LogP contribution is -2.33. The summed E-state index contributed by atoms with van der Waals surface area (Å²) in [5.41, 5.74) is 5.82. The first-order valence-electron chi connectivity index (χ1n) is 4.80. The summed E-state index contributed by atoms with van der Waals surface area (Å²) in [4.78, 5) is 11.2. The quantitative estimate of drug-likeness (QED) is 0.638. The number of hydrogen-bond donors (Lipinski definition) is 2. The minimum absolute atomic E-state index is 0.115. The van der Waals surface area contributed by atoms with Crippen LogP contribution in [0.15, 0.2) is 0 Å². The second-order valence-corrected chi connectivity index (χ2v) is 4.05. The van der Waals surface area contributed by atoms with Gasteiger partial charge in [-0.2, -0.15) is 0 Å². The van der Waals surface area contributed by atoms with Gasteiger partial charge in [-0.15, -0.1) is 0 Å². The van der Waals surface area contributed by atoms with E-state index in [0.717, 1.165) is 12.8 Å². The molecule has 0 bridgehead atoms. The Balaban J connectivity index is 1.65. The molecule has 0 spiro atoms. The average molecular weight is 168 g/mol. The van der Waals surface area contributed by atoms with E-state index < -0.39 is 0 Å². The Bertz CT molecular complexity index is 185. The van der Waals surface area contributed by atoms with Gasteiger partial charge >= 0.3 is 0 Å². The summed E-state index contributed by atoms with van der Waals surface area (Å²) in [6.07, 6.45) is 5.28. The predicted molar refractivity (Wildman–Crippen MR) is 46.5 cm³/mol. The molecule has 1 amide bonds. The van der Waals surface area contributed by atoms with Crippen molar-refractivity contribution < 1.29 is 4.79 Å². The molecule has 3 N–H and O–H groups in total. The van der Waals surface area contributed by atoms with Gasteiger partial charge in [-0.3, -0.25) is 4.79 Å². The molecule has 0 aromatic rings. The molecule has 12 heavy (non-hydrogen) atoms. The number of nitrogens with two attached hydrogens (primary N) is 1. The van der Waals surface area contributed by atoms with Crippen LogP contribution in [0, 0.1) is 5.92 Å². The summed E-state index contributed by atoms with van der Waals surface area (Å²) in [7, 11) is 0. The third-order valence-electron chi connectivity index (χ3n) is 2.59. The van der Waals surface area contributed by atoms with Gasteiger partial charge in [0.15, 0.2) is 0 Å². The van der Waals surface area contributed by atoms with Crippen molar-refractivity contribution in [2.24, 2.45) is 11.7 Å². The van der Waals surface area contributed by atoms with Crippen molar-refractivity contribution in [1.29, 1.82) is 0 Å². The van der Waals surface area contributed by atoms with Crippen molar-refractivity contribution in [1.82, 2.24) is 5.32 Å². The second-order valence-electron chi connectivity index (χ2n) is 4.05. The second kappa shape index (κ2) is 3.05. The molecule has 0 radical (unpaired) electrons. The minimum Gasteiger partial charge on any atom is -0.353 e. The standard InChI is InChI=1S/C9H16N2O/c10-8(6-1-2-6)5-9(12)11-7-3-4-7/h6-8H,1-5,10H2,(H,11,12). The third-order valence-corrected chi connectivity index (χ3v) is 2.59. The van der Waals surface area contributed by atoms with Crippen LogP contribution in [0.4, 0.5) is 0 Å². The number of carbonyl (C=O) groups is 1. The predicted octanol–water partition coefficient (Wildman–Crippen LogP) is 0.392. The average Bonchev–Trinajstić information content (AvgIpc) is 2.83. The zero-order valence-corrected chi connectivity index (χ0v) is 7.25. The lowest BCUT2D eigenvalue weighted by molar-refractivity contribution is -0.121. The molecule has 0 aromatic heterocycles. The fourth-order valence-corrected chi connectivity index (χ4v) is 1.42. The third kappa shape index (κ3) is 2.21. The Kier molecular flexibility index (Phi) is 2.05. The Hall–Kier alpha value is -0.570. The molecule has 0 aliphatic heterocycles. The highest BCUT2D eigenvalue weighted by Crippen LogP contribution is 2.32. The van der Waals surface area contributed by atoms with Crippen LogP contribution in [0.1, 0.15) is 32.1 Å². The molecule has 2 aliphatic rings. The van der Waals surface area contributed by atoms with Crippen molar-refractivity contribution in [2.45, 2.75) is 44.2 Å². The van der Waals surface area contributed by atoms with Gasteiger partial charge < -0.3 is 11.1 Å². The molecule has 2 rings (SSSR count). The first-order valence-corrected chi connectivity index (χ1v) is 4.80. The molecule has 3 heteroatoms. The minimum atomic E-state index is 0.115. The molecule has 0 heterocycles. The van der Waals surface area contributed by atoms with Gasteiger partial charge in [0.2, 0.25) is 5.91 Å². The van der Waals surface area contributed by atoms with Crippen LogP contribution < -0.4 is 11.1 Å². The summed E-state index contributed by atoms with van der Waals surface area (Å²) < 4.78 is 0. The van der Waals surface area contributed by atoms with Gasteiger partial charge in [-0.1, -0.05) is 0 Å². The zero-order chi connectivity index (χ0) is 8.55. The van der Waals surface area contributed by atoms with Gasteiger partial charge in [0.1, 0.15) is 0 Å². The summed E-state index contributed by atoms with van der Waals surface area (Å²) in [6.45, 7) is 0. The maximum Gasteiger partial charge on any atom is 0.221 e.